The zero-order chi connectivity index (χ0) is 5.86. The van der Waals surface area contributed by atoms with Gasteiger partial charge < -0.3 is 0 Å². The van der Waals surface area contributed by atoms with E-state index in [9.17, 15) is 4.79 Å². The van der Waals surface area contributed by atoms with Crippen molar-refractivity contribution in [1.82, 2.24) is 0 Å². The SMILES string of the molecule is CN=C(C)C(C)=O. The Morgan fingerprint density at radius 2 is 1.86 bits per heavy atom. The number of rotatable bonds is 1. The number of carbonyl (C=O) groups is 1. The van der Waals surface area contributed by atoms with Gasteiger partial charge in [0.05, 0.1) is 5.71 Å². The molecule has 40 valence electrons. The van der Waals surface area contributed by atoms with Gasteiger partial charge in [-0.15, -0.1) is 0 Å². The van der Waals surface area contributed by atoms with E-state index in [0.717, 1.165) is 0 Å². The molecule has 2 nitrogen and oxygen atoms in total. The molecule has 0 aromatic heterocycles. The Labute approximate surface area is 43.3 Å². The van der Waals surface area contributed by atoms with Crippen LogP contribution in [0.15, 0.2) is 4.99 Å². The molecule has 0 radical (unpaired) electrons. The van der Waals surface area contributed by atoms with Crippen LogP contribution >= 0.6 is 0 Å². The Hall–Kier alpha value is -0.660. The largest absolute Gasteiger partial charge is 0.293 e. The summed E-state index contributed by atoms with van der Waals surface area (Å²) in [5, 5.41) is 0. The van der Waals surface area contributed by atoms with Crippen LogP contribution in [0, 0.1) is 0 Å². The minimum atomic E-state index is 0.0440. The molecule has 0 aliphatic heterocycles. The molecule has 0 aromatic carbocycles. The summed E-state index contributed by atoms with van der Waals surface area (Å²) in [5.41, 5.74) is 0.583. The quantitative estimate of drug-likeness (QED) is 0.444. The molecule has 0 unspecified atom stereocenters. The highest BCUT2D eigenvalue weighted by molar-refractivity contribution is 6.37. The molecule has 0 spiro atoms. The predicted octanol–water partition coefficient (Wildman–Crippen LogP) is 0.666. The van der Waals surface area contributed by atoms with Crippen LogP contribution in [0.1, 0.15) is 13.8 Å². The Morgan fingerprint density at radius 1 is 1.43 bits per heavy atom. The van der Waals surface area contributed by atoms with E-state index in [4.69, 9.17) is 0 Å². The average Bonchev–Trinajstić information content (AvgIpc) is 1.65. The number of aliphatic imine (C=N–C) groups is 1. The number of hydrogen-bond donors (Lipinski definition) is 0. The maximum absolute atomic E-state index is 10.2. The fraction of sp³-hybridized carbons (Fsp3) is 0.600. The van der Waals surface area contributed by atoms with Crippen molar-refractivity contribution in [2.45, 2.75) is 13.8 Å². The third-order valence-electron chi connectivity index (χ3n) is 0.845. The van der Waals surface area contributed by atoms with E-state index in [1.807, 2.05) is 0 Å². The zero-order valence-electron chi connectivity index (χ0n) is 4.86. The van der Waals surface area contributed by atoms with E-state index < -0.39 is 0 Å². The number of hydrogen-bond acceptors (Lipinski definition) is 2. The molecular weight excluding hydrogens is 90.1 g/mol. The van der Waals surface area contributed by atoms with Gasteiger partial charge in [0.2, 0.25) is 0 Å². The van der Waals surface area contributed by atoms with Gasteiger partial charge >= 0.3 is 0 Å². The summed E-state index contributed by atoms with van der Waals surface area (Å²) in [4.78, 5) is 13.9. The smallest absolute Gasteiger partial charge is 0.173 e. The fourth-order valence-corrected chi connectivity index (χ4v) is 0.157. The number of carbonyl (C=O) groups excluding carboxylic acids is 1. The molecule has 7 heavy (non-hydrogen) atoms. The molecule has 2 heteroatoms. The summed E-state index contributed by atoms with van der Waals surface area (Å²) < 4.78 is 0. The van der Waals surface area contributed by atoms with Gasteiger partial charge in [0.1, 0.15) is 0 Å². The maximum Gasteiger partial charge on any atom is 0.173 e. The molecule has 0 aromatic rings. The highest BCUT2D eigenvalue weighted by Crippen LogP contribution is 1.74. The van der Waals surface area contributed by atoms with Gasteiger partial charge in [0.15, 0.2) is 5.78 Å². The average molecular weight is 99.1 g/mol. The number of ketones is 1. The lowest BCUT2D eigenvalue weighted by molar-refractivity contribution is -0.111. The molecule has 0 saturated heterocycles. The number of Topliss-reactive ketones (excluding diaryl/α,β-unsaturated/α-hetero) is 1. The van der Waals surface area contributed by atoms with E-state index in [1.54, 1.807) is 14.0 Å². The molecule has 0 heterocycles. The maximum atomic E-state index is 10.2. The lowest BCUT2D eigenvalue weighted by atomic mass is 10.3. The van der Waals surface area contributed by atoms with Gasteiger partial charge in [-0.1, -0.05) is 0 Å². The molecule has 0 fully saturated rings. The fourth-order valence-electron chi connectivity index (χ4n) is 0.157. The van der Waals surface area contributed by atoms with E-state index in [0.29, 0.717) is 5.71 Å². The summed E-state index contributed by atoms with van der Waals surface area (Å²) in [6.45, 7) is 3.20. The van der Waals surface area contributed by atoms with E-state index >= 15 is 0 Å². The Morgan fingerprint density at radius 3 is 1.86 bits per heavy atom. The van der Waals surface area contributed by atoms with Gasteiger partial charge in [-0.3, -0.25) is 9.79 Å². The van der Waals surface area contributed by atoms with Gasteiger partial charge in [-0.05, 0) is 6.92 Å². The predicted molar refractivity (Wildman–Crippen MR) is 29.7 cm³/mol. The van der Waals surface area contributed by atoms with Crippen molar-refractivity contribution in [3.05, 3.63) is 0 Å². The van der Waals surface area contributed by atoms with Crippen molar-refractivity contribution in [3.63, 3.8) is 0 Å². The van der Waals surface area contributed by atoms with E-state index in [1.165, 1.54) is 6.92 Å². The molecule has 0 rings (SSSR count). The Bertz CT molecular complexity index is 105. The Balaban J connectivity index is 3.82. The third-order valence-corrected chi connectivity index (χ3v) is 0.845. The summed E-state index contributed by atoms with van der Waals surface area (Å²) in [6.07, 6.45) is 0. The van der Waals surface area contributed by atoms with Crippen molar-refractivity contribution in [1.29, 1.82) is 0 Å². The molecular formula is C5H9NO. The monoisotopic (exact) mass is 99.1 g/mol. The second kappa shape index (κ2) is 2.50. The molecule has 0 amide bonds. The summed E-state index contributed by atoms with van der Waals surface area (Å²) in [6, 6.07) is 0. The van der Waals surface area contributed by atoms with Crippen LogP contribution in [0.4, 0.5) is 0 Å². The van der Waals surface area contributed by atoms with Crippen molar-refractivity contribution in [2.75, 3.05) is 7.05 Å². The summed E-state index contributed by atoms with van der Waals surface area (Å²) in [5.74, 6) is 0.0440. The molecule has 0 aliphatic rings. The lowest BCUT2D eigenvalue weighted by Crippen LogP contribution is -2.02. The van der Waals surface area contributed by atoms with E-state index in [2.05, 4.69) is 4.99 Å². The van der Waals surface area contributed by atoms with Crippen LogP contribution in [0.3, 0.4) is 0 Å². The van der Waals surface area contributed by atoms with Crippen molar-refractivity contribution in [2.24, 2.45) is 4.99 Å². The van der Waals surface area contributed by atoms with Crippen LogP contribution < -0.4 is 0 Å². The van der Waals surface area contributed by atoms with E-state index in [-0.39, 0.29) is 5.78 Å². The first kappa shape index (κ1) is 6.34. The topological polar surface area (TPSA) is 29.4 Å². The number of nitrogens with zero attached hydrogens (tertiary/aromatic N) is 1. The van der Waals surface area contributed by atoms with Crippen molar-refractivity contribution in [3.8, 4) is 0 Å². The molecule has 0 saturated carbocycles. The third kappa shape index (κ3) is 2.09. The van der Waals surface area contributed by atoms with Crippen LogP contribution in [-0.2, 0) is 4.79 Å². The molecule has 0 N–H and O–H groups in total. The zero-order valence-corrected chi connectivity index (χ0v) is 4.86. The Kier molecular flexibility index (Phi) is 2.27. The van der Waals surface area contributed by atoms with Crippen LogP contribution in [0.2, 0.25) is 0 Å². The standard InChI is InChI=1S/C5H9NO/c1-4(6-3)5(2)7/h1-3H3. The first-order valence-electron chi connectivity index (χ1n) is 2.12. The van der Waals surface area contributed by atoms with Crippen molar-refractivity contribution >= 4 is 11.5 Å². The van der Waals surface area contributed by atoms with Crippen LogP contribution in [-0.4, -0.2) is 18.5 Å². The van der Waals surface area contributed by atoms with Gasteiger partial charge in [-0.2, -0.15) is 0 Å². The lowest BCUT2D eigenvalue weighted by Gasteiger charge is -1.84. The molecule has 0 atom stereocenters. The summed E-state index contributed by atoms with van der Waals surface area (Å²) >= 11 is 0. The second-order valence-electron chi connectivity index (χ2n) is 1.37. The highest BCUT2D eigenvalue weighted by atomic mass is 16.1. The first-order chi connectivity index (χ1) is 3.18. The summed E-state index contributed by atoms with van der Waals surface area (Å²) in [7, 11) is 1.61. The minimum absolute atomic E-state index is 0.0440. The van der Waals surface area contributed by atoms with Crippen LogP contribution in [0.25, 0.3) is 0 Å². The van der Waals surface area contributed by atoms with Gasteiger partial charge in [-0.25, -0.2) is 0 Å². The molecule has 0 aliphatic carbocycles. The first-order valence-corrected chi connectivity index (χ1v) is 2.12. The second-order valence-corrected chi connectivity index (χ2v) is 1.37. The highest BCUT2D eigenvalue weighted by Gasteiger charge is 1.91. The molecule has 0 bridgehead atoms. The normalized spacial score (nSPS) is 11.6. The van der Waals surface area contributed by atoms with Gasteiger partial charge in [0, 0.05) is 14.0 Å². The minimum Gasteiger partial charge on any atom is -0.293 e. The van der Waals surface area contributed by atoms with Crippen molar-refractivity contribution < 1.29 is 4.79 Å². The van der Waals surface area contributed by atoms with Gasteiger partial charge in [0.25, 0.3) is 0 Å². The van der Waals surface area contributed by atoms with Crippen LogP contribution in [0.5, 0.6) is 0 Å².